The molecule has 38 heavy (non-hydrogen) atoms. The summed E-state index contributed by atoms with van der Waals surface area (Å²) in [6, 6.07) is 14.8. The number of para-hydroxylation sites is 1. The van der Waals surface area contributed by atoms with Gasteiger partial charge in [-0.15, -0.1) is 0 Å². The van der Waals surface area contributed by atoms with Crippen LogP contribution in [-0.4, -0.2) is 39.8 Å². The molecule has 0 spiro atoms. The number of benzene rings is 3. The van der Waals surface area contributed by atoms with Gasteiger partial charge in [-0.05, 0) is 42.5 Å². The van der Waals surface area contributed by atoms with Gasteiger partial charge in [0.25, 0.3) is 5.91 Å². The summed E-state index contributed by atoms with van der Waals surface area (Å²) < 4.78 is 33.1. The van der Waals surface area contributed by atoms with Gasteiger partial charge < -0.3 is 33.4 Å². The van der Waals surface area contributed by atoms with E-state index in [-0.39, 0.29) is 18.1 Å². The van der Waals surface area contributed by atoms with E-state index in [0.717, 1.165) is 0 Å². The number of nitrogens with one attached hydrogen (secondary N) is 1. The Hall–Kier alpha value is -4.99. The van der Waals surface area contributed by atoms with E-state index < -0.39 is 23.9 Å². The molecule has 2 heterocycles. The average molecular weight is 517 g/mol. The summed E-state index contributed by atoms with van der Waals surface area (Å²) in [6.07, 6.45) is 0. The zero-order valence-corrected chi connectivity index (χ0v) is 20.8. The van der Waals surface area contributed by atoms with Gasteiger partial charge in [0.1, 0.15) is 12.2 Å². The number of hydrogen-bond donors (Lipinski definition) is 1. The van der Waals surface area contributed by atoms with Crippen molar-refractivity contribution in [2.24, 2.45) is 0 Å². The Morgan fingerprint density at radius 3 is 2.37 bits per heavy atom. The molecule has 1 N–H and O–H groups in total. The lowest BCUT2D eigenvalue weighted by atomic mass is 10.1. The van der Waals surface area contributed by atoms with Crippen LogP contribution < -0.4 is 29.7 Å². The smallest absolute Gasteiger partial charge is 0.338 e. The van der Waals surface area contributed by atoms with Crippen LogP contribution >= 0.6 is 0 Å². The number of carbonyl (C=O) groups excluding carboxylic acids is 2. The molecule has 0 saturated carbocycles. The average Bonchev–Trinajstić information content (AvgIpc) is 3.31. The Morgan fingerprint density at radius 1 is 0.921 bits per heavy atom. The van der Waals surface area contributed by atoms with Crippen molar-refractivity contribution in [3.8, 4) is 34.3 Å². The highest BCUT2D eigenvalue weighted by Gasteiger charge is 2.24. The van der Waals surface area contributed by atoms with Gasteiger partial charge in [0.15, 0.2) is 23.9 Å². The maximum Gasteiger partial charge on any atom is 0.338 e. The molecule has 0 aliphatic carbocycles. The zero-order valence-electron chi connectivity index (χ0n) is 20.8. The fourth-order valence-electron chi connectivity index (χ4n) is 4.20. The maximum atomic E-state index is 13.4. The molecule has 3 aromatic carbocycles. The quantitative estimate of drug-likeness (QED) is 0.343. The molecule has 0 atom stereocenters. The first-order chi connectivity index (χ1) is 18.4. The van der Waals surface area contributed by atoms with E-state index in [1.165, 1.54) is 21.3 Å². The summed E-state index contributed by atoms with van der Waals surface area (Å²) in [6.45, 7) is -0.336. The van der Waals surface area contributed by atoms with Crippen LogP contribution in [0.4, 0.5) is 5.69 Å². The summed E-state index contributed by atoms with van der Waals surface area (Å²) >= 11 is 0. The third kappa shape index (κ3) is 4.47. The molecular formula is C28H23NO9. The molecule has 1 aliphatic rings. The lowest BCUT2D eigenvalue weighted by Crippen LogP contribution is -2.22. The van der Waals surface area contributed by atoms with Crippen LogP contribution in [-0.2, 0) is 16.1 Å². The van der Waals surface area contributed by atoms with Gasteiger partial charge in [-0.1, -0.05) is 12.1 Å². The minimum atomic E-state index is -0.515. The Morgan fingerprint density at radius 2 is 1.66 bits per heavy atom. The number of rotatable bonds is 8. The second-order valence-electron chi connectivity index (χ2n) is 8.28. The minimum absolute atomic E-state index is 0.0916. The standard InChI is InChI=1S/C28H23NO9/c1-33-21-11-15(12-22(34-2)26(21)35-3)25-27(24(31)19-6-4-5-7-20(19)38-25)36-14-23(30)29-17-8-9-18-16(10-17)13-37-28(18)32/h4-12H,13-14H2,1-3H3,(H,29,30). The van der Waals surface area contributed by atoms with Crippen molar-refractivity contribution in [3.05, 3.63) is 75.9 Å². The van der Waals surface area contributed by atoms with Crippen LogP contribution in [0.1, 0.15) is 15.9 Å². The largest absolute Gasteiger partial charge is 0.493 e. The Balaban J connectivity index is 1.49. The summed E-state index contributed by atoms with van der Waals surface area (Å²) in [4.78, 5) is 37.8. The zero-order chi connectivity index (χ0) is 26.8. The number of cyclic esters (lactones) is 1. The maximum absolute atomic E-state index is 13.4. The van der Waals surface area contributed by atoms with E-state index in [0.29, 0.717) is 50.6 Å². The van der Waals surface area contributed by atoms with Crippen molar-refractivity contribution in [2.75, 3.05) is 33.3 Å². The molecule has 5 rings (SSSR count). The number of amides is 1. The van der Waals surface area contributed by atoms with E-state index in [9.17, 15) is 14.4 Å². The monoisotopic (exact) mass is 517 g/mol. The number of fused-ring (bicyclic) bond motifs is 2. The summed E-state index contributed by atoms with van der Waals surface area (Å²) in [5.74, 6) is 0.0863. The van der Waals surface area contributed by atoms with Crippen molar-refractivity contribution in [1.82, 2.24) is 0 Å². The van der Waals surface area contributed by atoms with Crippen LogP contribution in [0.2, 0.25) is 0 Å². The van der Waals surface area contributed by atoms with E-state index in [1.807, 2.05) is 0 Å². The van der Waals surface area contributed by atoms with Crippen LogP contribution in [0.25, 0.3) is 22.3 Å². The van der Waals surface area contributed by atoms with Crippen LogP contribution in [0.3, 0.4) is 0 Å². The van der Waals surface area contributed by atoms with Gasteiger partial charge >= 0.3 is 5.97 Å². The van der Waals surface area contributed by atoms with Crippen LogP contribution in [0.5, 0.6) is 23.0 Å². The molecule has 0 fully saturated rings. The van der Waals surface area contributed by atoms with Crippen molar-refractivity contribution in [3.63, 3.8) is 0 Å². The fraction of sp³-hybridized carbons (Fsp3) is 0.179. The molecule has 1 aromatic heterocycles. The van der Waals surface area contributed by atoms with Crippen molar-refractivity contribution in [2.45, 2.75) is 6.61 Å². The van der Waals surface area contributed by atoms with E-state index in [1.54, 1.807) is 54.6 Å². The topological polar surface area (TPSA) is 123 Å². The lowest BCUT2D eigenvalue weighted by Gasteiger charge is -2.16. The number of methoxy groups -OCH3 is 3. The van der Waals surface area contributed by atoms with Gasteiger partial charge in [0.05, 0.1) is 32.3 Å². The Bertz CT molecular complexity index is 1600. The highest BCUT2D eigenvalue weighted by Crippen LogP contribution is 2.43. The van der Waals surface area contributed by atoms with Gasteiger partial charge in [0, 0.05) is 16.8 Å². The van der Waals surface area contributed by atoms with Gasteiger partial charge in [0.2, 0.25) is 16.9 Å². The molecular weight excluding hydrogens is 494 g/mol. The van der Waals surface area contributed by atoms with Gasteiger partial charge in [-0.2, -0.15) is 0 Å². The third-order valence-electron chi connectivity index (χ3n) is 6.00. The number of ether oxygens (including phenoxy) is 5. The van der Waals surface area contributed by atoms with Crippen LogP contribution in [0.15, 0.2) is 63.8 Å². The first kappa shape index (κ1) is 24.7. The molecule has 0 bridgehead atoms. The summed E-state index contributed by atoms with van der Waals surface area (Å²) in [7, 11) is 4.43. The van der Waals surface area contributed by atoms with Crippen molar-refractivity contribution < 1.29 is 37.7 Å². The Labute approximate surface area is 216 Å². The number of hydrogen-bond acceptors (Lipinski definition) is 9. The molecule has 194 valence electrons. The van der Waals surface area contributed by atoms with Crippen LogP contribution in [0, 0.1) is 0 Å². The number of anilines is 1. The first-order valence-corrected chi connectivity index (χ1v) is 11.5. The van der Waals surface area contributed by atoms with Gasteiger partial charge in [-0.25, -0.2) is 4.79 Å². The molecule has 0 saturated heterocycles. The van der Waals surface area contributed by atoms with Crippen molar-refractivity contribution >= 4 is 28.5 Å². The fourth-order valence-corrected chi connectivity index (χ4v) is 4.20. The normalized spacial score (nSPS) is 12.0. The Kier molecular flexibility index (Phi) is 6.61. The molecule has 0 unspecified atom stereocenters. The highest BCUT2D eigenvalue weighted by atomic mass is 16.5. The predicted molar refractivity (Wildman–Crippen MR) is 137 cm³/mol. The molecule has 0 radical (unpaired) electrons. The third-order valence-corrected chi connectivity index (χ3v) is 6.00. The molecule has 10 nitrogen and oxygen atoms in total. The molecule has 4 aromatic rings. The van der Waals surface area contributed by atoms with Gasteiger partial charge in [-0.3, -0.25) is 9.59 Å². The van der Waals surface area contributed by atoms with Crippen molar-refractivity contribution in [1.29, 1.82) is 0 Å². The molecule has 1 aliphatic heterocycles. The van der Waals surface area contributed by atoms with E-state index >= 15 is 0 Å². The minimum Gasteiger partial charge on any atom is -0.493 e. The predicted octanol–water partition coefficient (Wildman–Crippen LogP) is 4.17. The second-order valence-corrected chi connectivity index (χ2v) is 8.28. The lowest BCUT2D eigenvalue weighted by molar-refractivity contribution is -0.118. The molecule has 10 heteroatoms. The van der Waals surface area contributed by atoms with E-state index in [4.69, 9.17) is 28.1 Å². The highest BCUT2D eigenvalue weighted by molar-refractivity contribution is 5.96. The number of carbonyl (C=O) groups is 2. The van der Waals surface area contributed by atoms with E-state index in [2.05, 4.69) is 5.32 Å². The summed E-state index contributed by atoms with van der Waals surface area (Å²) in [5, 5.41) is 3.00. The SMILES string of the molecule is COc1cc(-c2oc3ccccc3c(=O)c2OCC(=O)Nc2ccc3c(c2)COC3=O)cc(OC)c1OC. The number of esters is 1. The second kappa shape index (κ2) is 10.2. The molecule has 1 amide bonds. The first-order valence-electron chi connectivity index (χ1n) is 11.5. The summed E-state index contributed by atoms with van der Waals surface area (Å²) in [5.41, 5.74) is 1.91.